The Balaban J connectivity index is 2.15. The molecule has 0 aliphatic heterocycles. The van der Waals surface area contributed by atoms with Crippen molar-refractivity contribution in [2.24, 2.45) is 5.92 Å². The summed E-state index contributed by atoms with van der Waals surface area (Å²) < 4.78 is 2.96. The molecule has 2 N–H and O–H groups in total. The lowest BCUT2D eigenvalue weighted by molar-refractivity contribution is 0.570. The highest BCUT2D eigenvalue weighted by molar-refractivity contribution is 14.1. The standard InChI is InChI=1S/C7H10IN3/c8-6-3-10-11(7(6)9)4-5-1-2-5/h3,5H,1-2,4,9H2. The summed E-state index contributed by atoms with van der Waals surface area (Å²) >= 11 is 2.20. The Morgan fingerprint density at radius 3 is 2.91 bits per heavy atom. The third-order valence-electron chi connectivity index (χ3n) is 1.96. The molecule has 11 heavy (non-hydrogen) atoms. The number of nitrogens with zero attached hydrogens (tertiary/aromatic N) is 2. The quantitative estimate of drug-likeness (QED) is 0.821. The topological polar surface area (TPSA) is 43.8 Å². The predicted molar refractivity (Wildman–Crippen MR) is 52.1 cm³/mol. The molecule has 0 aromatic carbocycles. The molecule has 1 aliphatic carbocycles. The number of hydrogen-bond donors (Lipinski definition) is 1. The van der Waals surface area contributed by atoms with E-state index in [0.29, 0.717) is 0 Å². The molecule has 0 bridgehead atoms. The summed E-state index contributed by atoms with van der Waals surface area (Å²) in [6.45, 7) is 1.01. The maximum absolute atomic E-state index is 5.77. The van der Waals surface area contributed by atoms with Crippen LogP contribution in [0.2, 0.25) is 0 Å². The van der Waals surface area contributed by atoms with Crippen LogP contribution in [0.25, 0.3) is 0 Å². The molecular weight excluding hydrogens is 253 g/mol. The van der Waals surface area contributed by atoms with Crippen LogP contribution in [0, 0.1) is 9.49 Å². The van der Waals surface area contributed by atoms with Crippen molar-refractivity contribution in [1.82, 2.24) is 9.78 Å². The summed E-state index contributed by atoms with van der Waals surface area (Å²) in [4.78, 5) is 0. The molecule has 1 aliphatic rings. The number of nitrogen functional groups attached to an aromatic ring is 1. The second-order valence-electron chi connectivity index (χ2n) is 3.00. The van der Waals surface area contributed by atoms with Gasteiger partial charge in [0, 0.05) is 6.54 Å². The average molecular weight is 263 g/mol. The molecule has 0 atom stereocenters. The third-order valence-corrected chi connectivity index (χ3v) is 2.79. The van der Waals surface area contributed by atoms with E-state index in [9.17, 15) is 0 Å². The van der Waals surface area contributed by atoms with Gasteiger partial charge >= 0.3 is 0 Å². The van der Waals surface area contributed by atoms with Crippen LogP contribution in [0.15, 0.2) is 6.20 Å². The molecule has 3 nitrogen and oxygen atoms in total. The van der Waals surface area contributed by atoms with Crippen molar-refractivity contribution >= 4 is 28.4 Å². The SMILES string of the molecule is Nc1c(I)cnn1CC1CC1. The Bertz CT molecular complexity index is 265. The van der Waals surface area contributed by atoms with Crippen molar-refractivity contribution in [2.45, 2.75) is 19.4 Å². The Hall–Kier alpha value is -0.260. The van der Waals surface area contributed by atoms with Crippen LogP contribution in [-0.2, 0) is 6.54 Å². The highest BCUT2D eigenvalue weighted by Crippen LogP contribution is 2.31. The first kappa shape index (κ1) is 7.39. The van der Waals surface area contributed by atoms with Gasteiger partial charge in [0.1, 0.15) is 5.82 Å². The van der Waals surface area contributed by atoms with Crippen LogP contribution in [-0.4, -0.2) is 9.78 Å². The highest BCUT2D eigenvalue weighted by atomic mass is 127. The maximum atomic E-state index is 5.77. The van der Waals surface area contributed by atoms with E-state index in [1.807, 2.05) is 10.9 Å². The van der Waals surface area contributed by atoms with Gasteiger partial charge in [-0.15, -0.1) is 0 Å². The van der Waals surface area contributed by atoms with Gasteiger partial charge in [0.05, 0.1) is 9.77 Å². The van der Waals surface area contributed by atoms with E-state index in [-0.39, 0.29) is 0 Å². The lowest BCUT2D eigenvalue weighted by atomic mass is 10.4. The van der Waals surface area contributed by atoms with E-state index in [1.165, 1.54) is 12.8 Å². The molecule has 1 saturated carbocycles. The number of aromatic nitrogens is 2. The molecule has 2 rings (SSSR count). The second kappa shape index (κ2) is 2.66. The summed E-state index contributed by atoms with van der Waals surface area (Å²) in [6, 6.07) is 0. The van der Waals surface area contributed by atoms with Crippen LogP contribution in [0.4, 0.5) is 5.82 Å². The Kier molecular flexibility index (Phi) is 1.78. The number of hydrogen-bond acceptors (Lipinski definition) is 2. The van der Waals surface area contributed by atoms with Gasteiger partial charge < -0.3 is 5.73 Å². The molecule has 0 spiro atoms. The first-order valence-corrected chi connectivity index (χ1v) is 4.82. The fourth-order valence-corrected chi connectivity index (χ4v) is 1.47. The van der Waals surface area contributed by atoms with E-state index in [2.05, 4.69) is 27.7 Å². The lowest BCUT2D eigenvalue weighted by Crippen LogP contribution is -2.06. The summed E-state index contributed by atoms with van der Waals surface area (Å²) in [5.74, 6) is 1.66. The largest absolute Gasteiger partial charge is 0.383 e. The number of rotatable bonds is 2. The van der Waals surface area contributed by atoms with Crippen molar-refractivity contribution in [1.29, 1.82) is 0 Å². The van der Waals surface area contributed by atoms with Gasteiger partial charge in [0.25, 0.3) is 0 Å². The van der Waals surface area contributed by atoms with Gasteiger partial charge in [-0.3, -0.25) is 0 Å². The maximum Gasteiger partial charge on any atom is 0.135 e. The normalized spacial score (nSPS) is 17.2. The molecule has 0 amide bonds. The minimum atomic E-state index is 0.817. The van der Waals surface area contributed by atoms with E-state index < -0.39 is 0 Å². The number of anilines is 1. The van der Waals surface area contributed by atoms with Gasteiger partial charge in [-0.25, -0.2) is 4.68 Å². The summed E-state index contributed by atoms with van der Waals surface area (Å²) in [5.41, 5.74) is 5.77. The molecule has 0 saturated heterocycles. The van der Waals surface area contributed by atoms with Crippen LogP contribution in [0.5, 0.6) is 0 Å². The molecule has 4 heteroatoms. The molecule has 1 aromatic heterocycles. The van der Waals surface area contributed by atoms with Gasteiger partial charge in [-0.05, 0) is 41.4 Å². The molecule has 1 heterocycles. The van der Waals surface area contributed by atoms with E-state index in [1.54, 1.807) is 0 Å². The van der Waals surface area contributed by atoms with Gasteiger partial charge in [0.2, 0.25) is 0 Å². The predicted octanol–water partition coefficient (Wildman–Crippen LogP) is 1.48. The second-order valence-corrected chi connectivity index (χ2v) is 4.17. The molecule has 60 valence electrons. The third kappa shape index (κ3) is 1.50. The lowest BCUT2D eigenvalue weighted by Gasteiger charge is -2.00. The van der Waals surface area contributed by atoms with Crippen LogP contribution < -0.4 is 5.73 Å². The summed E-state index contributed by atoms with van der Waals surface area (Å²) in [7, 11) is 0. The van der Waals surface area contributed by atoms with Crippen LogP contribution >= 0.6 is 22.6 Å². The number of halogens is 1. The summed E-state index contributed by atoms with van der Waals surface area (Å²) in [6.07, 6.45) is 4.50. The fourth-order valence-electron chi connectivity index (χ4n) is 1.06. The van der Waals surface area contributed by atoms with Crippen molar-refractivity contribution in [3.05, 3.63) is 9.77 Å². The van der Waals surface area contributed by atoms with Crippen LogP contribution in [0.1, 0.15) is 12.8 Å². The molecule has 1 aromatic rings. The zero-order chi connectivity index (χ0) is 7.84. The van der Waals surface area contributed by atoms with Crippen LogP contribution in [0.3, 0.4) is 0 Å². The smallest absolute Gasteiger partial charge is 0.135 e. The zero-order valence-electron chi connectivity index (χ0n) is 6.13. The Labute approximate surface area is 79.1 Å². The first-order valence-electron chi connectivity index (χ1n) is 3.74. The minimum absolute atomic E-state index is 0.817. The number of nitrogens with two attached hydrogens (primary N) is 1. The molecule has 0 unspecified atom stereocenters. The van der Waals surface area contributed by atoms with Crippen molar-refractivity contribution in [3.8, 4) is 0 Å². The monoisotopic (exact) mass is 263 g/mol. The van der Waals surface area contributed by atoms with Crippen molar-refractivity contribution in [3.63, 3.8) is 0 Å². The molecule has 1 fully saturated rings. The summed E-state index contributed by atoms with van der Waals surface area (Å²) in [5, 5.41) is 4.18. The van der Waals surface area contributed by atoms with E-state index >= 15 is 0 Å². The Morgan fingerprint density at radius 2 is 2.45 bits per heavy atom. The average Bonchev–Trinajstić information content (AvgIpc) is 2.74. The highest BCUT2D eigenvalue weighted by Gasteiger charge is 2.23. The molecule has 0 radical (unpaired) electrons. The Morgan fingerprint density at radius 1 is 1.73 bits per heavy atom. The minimum Gasteiger partial charge on any atom is -0.383 e. The first-order chi connectivity index (χ1) is 5.27. The molecular formula is C7H10IN3. The zero-order valence-corrected chi connectivity index (χ0v) is 8.28. The van der Waals surface area contributed by atoms with E-state index in [0.717, 1.165) is 21.9 Å². The van der Waals surface area contributed by atoms with Gasteiger partial charge in [0.15, 0.2) is 0 Å². The van der Waals surface area contributed by atoms with Gasteiger partial charge in [-0.1, -0.05) is 0 Å². The fraction of sp³-hybridized carbons (Fsp3) is 0.571. The van der Waals surface area contributed by atoms with E-state index in [4.69, 9.17) is 5.73 Å². The van der Waals surface area contributed by atoms with Gasteiger partial charge in [-0.2, -0.15) is 5.10 Å². The van der Waals surface area contributed by atoms with Crippen molar-refractivity contribution < 1.29 is 0 Å². The van der Waals surface area contributed by atoms with Crippen molar-refractivity contribution in [2.75, 3.05) is 5.73 Å².